The molecule has 3 aliphatic rings. The molecule has 1 aliphatic carbocycles. The van der Waals surface area contributed by atoms with E-state index < -0.39 is 0 Å². The van der Waals surface area contributed by atoms with E-state index >= 15 is 0 Å². The topological polar surface area (TPSA) is 41.6 Å². The van der Waals surface area contributed by atoms with Crippen molar-refractivity contribution in [2.45, 2.75) is 43.9 Å². The first-order valence-corrected chi connectivity index (χ1v) is 5.41. The number of ether oxygens (including phenoxy) is 1. The number of rotatable bonds is 1. The number of hydrogen-bond acceptors (Lipinski definition) is 3. The van der Waals surface area contributed by atoms with Gasteiger partial charge in [0, 0.05) is 25.0 Å². The van der Waals surface area contributed by atoms with Gasteiger partial charge in [0.15, 0.2) is 0 Å². The minimum atomic E-state index is -0.241. The number of hydrogen-bond donors (Lipinski definition) is 1. The molecule has 0 bridgehead atoms. The lowest BCUT2D eigenvalue weighted by molar-refractivity contribution is 0.0628. The lowest BCUT2D eigenvalue weighted by Crippen LogP contribution is -2.37. The normalized spacial score (nSPS) is 42.9. The summed E-state index contributed by atoms with van der Waals surface area (Å²) in [6, 6.07) is 1.33. The van der Waals surface area contributed by atoms with Crippen LogP contribution in [0.25, 0.3) is 0 Å². The van der Waals surface area contributed by atoms with Gasteiger partial charge in [0.2, 0.25) is 0 Å². The zero-order valence-electron chi connectivity index (χ0n) is 8.45. The van der Waals surface area contributed by atoms with Gasteiger partial charge in [-0.3, -0.25) is 4.90 Å². The highest BCUT2D eigenvalue weighted by atomic mass is 16.6. The van der Waals surface area contributed by atoms with Gasteiger partial charge >= 0.3 is 6.09 Å². The molecular weight excluding hydrogens is 180 g/mol. The highest BCUT2D eigenvalue weighted by Crippen LogP contribution is 2.39. The van der Waals surface area contributed by atoms with E-state index in [4.69, 9.17) is 4.74 Å². The molecule has 0 aromatic heterocycles. The highest BCUT2D eigenvalue weighted by Gasteiger charge is 2.51. The van der Waals surface area contributed by atoms with Crippen LogP contribution in [-0.4, -0.2) is 41.8 Å². The number of alkyl carbamates (subject to hydrolysis) is 1. The maximum absolute atomic E-state index is 11.1. The average molecular weight is 196 g/mol. The zero-order valence-corrected chi connectivity index (χ0v) is 8.45. The van der Waals surface area contributed by atoms with Gasteiger partial charge in [-0.15, -0.1) is 0 Å². The van der Waals surface area contributed by atoms with Crippen LogP contribution in [-0.2, 0) is 4.74 Å². The summed E-state index contributed by atoms with van der Waals surface area (Å²) >= 11 is 0. The molecule has 0 aromatic carbocycles. The van der Waals surface area contributed by atoms with E-state index in [1.807, 2.05) is 0 Å². The fourth-order valence-corrected chi connectivity index (χ4v) is 2.81. The quantitative estimate of drug-likeness (QED) is 0.672. The van der Waals surface area contributed by atoms with E-state index in [0.717, 1.165) is 19.0 Å². The monoisotopic (exact) mass is 196 g/mol. The Hall–Kier alpha value is -0.770. The van der Waals surface area contributed by atoms with Gasteiger partial charge in [0.05, 0.1) is 6.54 Å². The van der Waals surface area contributed by atoms with Crippen molar-refractivity contribution in [1.82, 2.24) is 10.2 Å². The number of carbonyl (C=O) groups is 1. The third kappa shape index (κ3) is 1.21. The molecule has 2 unspecified atom stereocenters. The van der Waals surface area contributed by atoms with Crippen LogP contribution in [0.2, 0.25) is 0 Å². The van der Waals surface area contributed by atoms with Crippen LogP contribution in [0.5, 0.6) is 0 Å². The van der Waals surface area contributed by atoms with Gasteiger partial charge in [-0.05, 0) is 19.8 Å². The van der Waals surface area contributed by atoms with Gasteiger partial charge in [-0.2, -0.15) is 0 Å². The molecule has 14 heavy (non-hydrogen) atoms. The summed E-state index contributed by atoms with van der Waals surface area (Å²) in [5.74, 6) is 0. The van der Waals surface area contributed by atoms with Gasteiger partial charge < -0.3 is 10.1 Å². The van der Waals surface area contributed by atoms with Gasteiger partial charge in [0.25, 0.3) is 0 Å². The van der Waals surface area contributed by atoms with Crippen molar-refractivity contribution in [2.75, 3.05) is 13.1 Å². The smallest absolute Gasteiger partial charge is 0.407 e. The zero-order chi connectivity index (χ0) is 9.76. The molecule has 2 saturated heterocycles. The SMILES string of the molecule is CC1CC2(CNC(=O)O2)CN1C1CC1. The van der Waals surface area contributed by atoms with Crippen molar-refractivity contribution in [3.8, 4) is 0 Å². The van der Waals surface area contributed by atoms with Crippen LogP contribution in [0.4, 0.5) is 4.79 Å². The Morgan fingerprint density at radius 2 is 2.36 bits per heavy atom. The minimum absolute atomic E-state index is 0.209. The Morgan fingerprint density at radius 1 is 1.57 bits per heavy atom. The fourth-order valence-electron chi connectivity index (χ4n) is 2.81. The lowest BCUT2D eigenvalue weighted by Gasteiger charge is -2.21. The van der Waals surface area contributed by atoms with Crippen LogP contribution in [0.1, 0.15) is 26.2 Å². The van der Waals surface area contributed by atoms with Crippen LogP contribution in [0, 0.1) is 0 Å². The van der Waals surface area contributed by atoms with Crippen molar-refractivity contribution in [3.63, 3.8) is 0 Å². The molecule has 3 rings (SSSR count). The predicted molar refractivity (Wildman–Crippen MR) is 51.0 cm³/mol. The summed E-state index contributed by atoms with van der Waals surface area (Å²) in [5, 5.41) is 2.76. The lowest BCUT2D eigenvalue weighted by atomic mass is 10.0. The van der Waals surface area contributed by atoms with Crippen LogP contribution >= 0.6 is 0 Å². The number of nitrogens with one attached hydrogen (secondary N) is 1. The minimum Gasteiger partial charge on any atom is -0.440 e. The van der Waals surface area contributed by atoms with Crippen molar-refractivity contribution < 1.29 is 9.53 Å². The Balaban J connectivity index is 1.75. The standard InChI is InChI=1S/C10H16N2O2/c1-7-4-10(5-11-9(13)14-10)6-12(7)8-2-3-8/h7-8H,2-6H2,1H3,(H,11,13). The maximum Gasteiger partial charge on any atom is 0.407 e. The van der Waals surface area contributed by atoms with E-state index in [2.05, 4.69) is 17.1 Å². The molecular formula is C10H16N2O2. The van der Waals surface area contributed by atoms with Crippen molar-refractivity contribution in [1.29, 1.82) is 0 Å². The van der Waals surface area contributed by atoms with E-state index in [9.17, 15) is 4.79 Å². The molecule has 4 nitrogen and oxygen atoms in total. The maximum atomic E-state index is 11.1. The molecule has 78 valence electrons. The summed E-state index contributed by atoms with van der Waals surface area (Å²) in [7, 11) is 0. The summed E-state index contributed by atoms with van der Waals surface area (Å²) in [4.78, 5) is 13.6. The molecule has 3 fully saturated rings. The largest absolute Gasteiger partial charge is 0.440 e. The third-order valence-electron chi connectivity index (χ3n) is 3.58. The first-order valence-electron chi connectivity index (χ1n) is 5.41. The van der Waals surface area contributed by atoms with Gasteiger partial charge in [-0.25, -0.2) is 4.79 Å². The van der Waals surface area contributed by atoms with E-state index in [-0.39, 0.29) is 11.7 Å². The molecule has 2 aliphatic heterocycles. The van der Waals surface area contributed by atoms with Crippen LogP contribution < -0.4 is 5.32 Å². The Labute approximate surface area is 83.6 Å². The molecule has 0 radical (unpaired) electrons. The summed E-state index contributed by atoms with van der Waals surface area (Å²) in [6.07, 6.45) is 3.39. The second-order valence-electron chi connectivity index (χ2n) is 4.88. The second-order valence-corrected chi connectivity index (χ2v) is 4.88. The predicted octanol–water partition coefficient (Wildman–Crippen LogP) is 0.722. The first kappa shape index (κ1) is 8.53. The molecule has 1 N–H and O–H groups in total. The highest BCUT2D eigenvalue weighted by molar-refractivity contribution is 5.70. The summed E-state index contributed by atoms with van der Waals surface area (Å²) < 4.78 is 5.40. The molecule has 1 saturated carbocycles. The van der Waals surface area contributed by atoms with Crippen LogP contribution in [0.15, 0.2) is 0 Å². The molecule has 0 aromatic rings. The van der Waals surface area contributed by atoms with E-state index in [0.29, 0.717) is 12.6 Å². The number of nitrogens with zero attached hydrogens (tertiary/aromatic N) is 1. The molecule has 1 amide bonds. The first-order chi connectivity index (χ1) is 6.69. The Morgan fingerprint density at radius 3 is 2.93 bits per heavy atom. The summed E-state index contributed by atoms with van der Waals surface area (Å²) in [6.45, 7) is 3.86. The van der Waals surface area contributed by atoms with E-state index in [1.165, 1.54) is 12.8 Å². The van der Waals surface area contributed by atoms with Crippen molar-refractivity contribution in [3.05, 3.63) is 0 Å². The molecule has 1 spiro atoms. The number of carbonyl (C=O) groups excluding carboxylic acids is 1. The Kier molecular flexibility index (Phi) is 1.60. The van der Waals surface area contributed by atoms with Crippen molar-refractivity contribution in [2.24, 2.45) is 0 Å². The third-order valence-corrected chi connectivity index (χ3v) is 3.58. The number of likely N-dealkylation sites (tertiary alicyclic amines) is 1. The van der Waals surface area contributed by atoms with Gasteiger partial charge in [-0.1, -0.05) is 0 Å². The molecule has 2 heterocycles. The second kappa shape index (κ2) is 2.63. The van der Waals surface area contributed by atoms with Crippen molar-refractivity contribution >= 4 is 6.09 Å². The molecule has 2 atom stereocenters. The van der Waals surface area contributed by atoms with E-state index in [1.54, 1.807) is 0 Å². The fraction of sp³-hybridized carbons (Fsp3) is 0.900. The Bertz CT molecular complexity index is 277. The van der Waals surface area contributed by atoms with Gasteiger partial charge in [0.1, 0.15) is 5.60 Å². The number of amides is 1. The average Bonchev–Trinajstić information content (AvgIpc) is 2.84. The summed E-state index contributed by atoms with van der Waals surface area (Å²) in [5.41, 5.74) is -0.209. The van der Waals surface area contributed by atoms with Crippen LogP contribution in [0.3, 0.4) is 0 Å². The molecule has 4 heteroatoms.